The number of hydrogen-bond donors (Lipinski definition) is 1. The second-order valence-electron chi connectivity index (χ2n) is 6.84. The minimum absolute atomic E-state index is 0.138. The molecule has 130 valence electrons. The van der Waals surface area contributed by atoms with E-state index in [1.807, 2.05) is 30.3 Å². The molecule has 4 rings (SSSR count). The van der Waals surface area contributed by atoms with Gasteiger partial charge in [-0.05, 0) is 36.1 Å². The predicted molar refractivity (Wildman–Crippen MR) is 94.2 cm³/mol. The summed E-state index contributed by atoms with van der Waals surface area (Å²) in [6, 6.07) is 11.9. The summed E-state index contributed by atoms with van der Waals surface area (Å²) in [5.74, 6) is 0.695. The first kappa shape index (κ1) is 16.0. The summed E-state index contributed by atoms with van der Waals surface area (Å²) in [5.41, 5.74) is 1.05. The van der Waals surface area contributed by atoms with Crippen molar-refractivity contribution in [3.8, 4) is 0 Å². The normalized spacial score (nSPS) is 23.2. The van der Waals surface area contributed by atoms with Crippen molar-refractivity contribution in [3.63, 3.8) is 0 Å². The Morgan fingerprint density at radius 2 is 1.80 bits per heavy atom. The summed E-state index contributed by atoms with van der Waals surface area (Å²) in [7, 11) is 0. The maximum Gasteiger partial charge on any atom is 0.255 e. The minimum Gasteiger partial charge on any atom is -0.380 e. The molecule has 0 saturated carbocycles. The van der Waals surface area contributed by atoms with Gasteiger partial charge in [-0.3, -0.25) is 4.79 Å². The third-order valence-electron chi connectivity index (χ3n) is 5.26. The van der Waals surface area contributed by atoms with Crippen molar-refractivity contribution in [3.05, 3.63) is 53.7 Å². The molecule has 1 amide bonds. The standard InChI is InChI=1S/C19H22N4O2/c24-18(19(25)8-7-15-4-1-2-5-16(15)14-19)23-12-10-22(11-13-23)17-6-3-9-20-21-17/h1-6,9,25H,7-8,10-14H2. The van der Waals surface area contributed by atoms with Crippen LogP contribution in [0.3, 0.4) is 0 Å². The van der Waals surface area contributed by atoms with Crippen LogP contribution in [-0.4, -0.2) is 57.9 Å². The fourth-order valence-corrected chi connectivity index (χ4v) is 3.80. The van der Waals surface area contributed by atoms with Crippen LogP contribution in [0.25, 0.3) is 0 Å². The van der Waals surface area contributed by atoms with Gasteiger partial charge in [-0.25, -0.2) is 0 Å². The molecule has 1 aromatic carbocycles. The predicted octanol–water partition coefficient (Wildman–Crippen LogP) is 1.05. The molecule has 6 heteroatoms. The lowest BCUT2D eigenvalue weighted by atomic mass is 9.79. The number of anilines is 1. The molecule has 2 heterocycles. The van der Waals surface area contributed by atoms with Crippen molar-refractivity contribution < 1.29 is 9.90 Å². The highest BCUT2D eigenvalue weighted by Crippen LogP contribution is 2.30. The monoisotopic (exact) mass is 338 g/mol. The number of hydrogen-bond acceptors (Lipinski definition) is 5. The maximum atomic E-state index is 13.0. The van der Waals surface area contributed by atoms with E-state index in [4.69, 9.17) is 0 Å². The molecule has 1 saturated heterocycles. The number of piperazine rings is 1. The molecule has 1 aliphatic carbocycles. The van der Waals surface area contributed by atoms with Gasteiger partial charge in [-0.1, -0.05) is 24.3 Å². The van der Waals surface area contributed by atoms with Crippen LogP contribution in [-0.2, 0) is 17.6 Å². The molecule has 1 unspecified atom stereocenters. The Labute approximate surface area is 147 Å². The van der Waals surface area contributed by atoms with Gasteiger partial charge >= 0.3 is 0 Å². The molecular weight excluding hydrogens is 316 g/mol. The Balaban J connectivity index is 1.42. The Bertz CT molecular complexity index is 759. The van der Waals surface area contributed by atoms with Gasteiger partial charge < -0.3 is 14.9 Å². The highest BCUT2D eigenvalue weighted by molar-refractivity contribution is 5.86. The largest absolute Gasteiger partial charge is 0.380 e. The molecule has 1 fully saturated rings. The van der Waals surface area contributed by atoms with Crippen LogP contribution in [0.4, 0.5) is 5.82 Å². The van der Waals surface area contributed by atoms with Crippen LogP contribution in [0, 0.1) is 0 Å². The number of amides is 1. The number of fused-ring (bicyclic) bond motifs is 1. The van der Waals surface area contributed by atoms with Crippen LogP contribution in [0.1, 0.15) is 17.5 Å². The smallest absolute Gasteiger partial charge is 0.255 e. The van der Waals surface area contributed by atoms with Crippen molar-refractivity contribution >= 4 is 11.7 Å². The number of carbonyl (C=O) groups is 1. The molecule has 0 radical (unpaired) electrons. The number of aryl methyl sites for hydroxylation is 1. The summed E-state index contributed by atoms with van der Waals surface area (Å²) in [4.78, 5) is 16.9. The maximum absolute atomic E-state index is 13.0. The van der Waals surface area contributed by atoms with Gasteiger partial charge in [0, 0.05) is 38.8 Å². The van der Waals surface area contributed by atoms with E-state index in [-0.39, 0.29) is 5.91 Å². The van der Waals surface area contributed by atoms with Crippen LogP contribution >= 0.6 is 0 Å². The summed E-state index contributed by atoms with van der Waals surface area (Å²) in [6.07, 6.45) is 3.30. The molecule has 1 atom stereocenters. The second-order valence-corrected chi connectivity index (χ2v) is 6.84. The first-order valence-electron chi connectivity index (χ1n) is 8.77. The highest BCUT2D eigenvalue weighted by Gasteiger charge is 2.42. The molecule has 0 spiro atoms. The number of carbonyl (C=O) groups excluding carboxylic acids is 1. The summed E-state index contributed by atoms with van der Waals surface area (Å²) in [6.45, 7) is 2.60. The Morgan fingerprint density at radius 3 is 2.52 bits per heavy atom. The number of nitrogens with zero attached hydrogens (tertiary/aromatic N) is 4. The first-order valence-corrected chi connectivity index (χ1v) is 8.77. The van der Waals surface area contributed by atoms with E-state index in [0.717, 1.165) is 17.8 Å². The number of benzene rings is 1. The zero-order valence-electron chi connectivity index (χ0n) is 14.1. The molecule has 1 aromatic heterocycles. The van der Waals surface area contributed by atoms with Gasteiger partial charge in [0.1, 0.15) is 5.60 Å². The van der Waals surface area contributed by atoms with Crippen molar-refractivity contribution in [2.45, 2.75) is 24.9 Å². The fraction of sp³-hybridized carbons (Fsp3) is 0.421. The molecular formula is C19H22N4O2. The summed E-state index contributed by atoms with van der Waals surface area (Å²) >= 11 is 0. The van der Waals surface area contributed by atoms with E-state index in [9.17, 15) is 9.90 Å². The second kappa shape index (κ2) is 6.44. The average Bonchev–Trinajstić information content (AvgIpc) is 2.68. The Hall–Kier alpha value is -2.47. The fourth-order valence-electron chi connectivity index (χ4n) is 3.80. The molecule has 2 aromatic rings. The minimum atomic E-state index is -1.27. The van der Waals surface area contributed by atoms with Gasteiger partial charge in [0.05, 0.1) is 0 Å². The van der Waals surface area contributed by atoms with E-state index in [2.05, 4.69) is 21.2 Å². The van der Waals surface area contributed by atoms with Gasteiger partial charge in [0.15, 0.2) is 5.82 Å². The van der Waals surface area contributed by atoms with Gasteiger partial charge in [0.25, 0.3) is 5.91 Å². The van der Waals surface area contributed by atoms with Crippen LogP contribution in [0.15, 0.2) is 42.6 Å². The zero-order valence-corrected chi connectivity index (χ0v) is 14.1. The molecule has 2 aliphatic rings. The van der Waals surface area contributed by atoms with Gasteiger partial charge in [0.2, 0.25) is 0 Å². The molecule has 0 bridgehead atoms. The van der Waals surface area contributed by atoms with Crippen LogP contribution in [0.2, 0.25) is 0 Å². The lowest BCUT2D eigenvalue weighted by Crippen LogP contribution is -2.57. The van der Waals surface area contributed by atoms with E-state index < -0.39 is 5.60 Å². The van der Waals surface area contributed by atoms with E-state index in [1.54, 1.807) is 11.1 Å². The SMILES string of the molecule is O=C(N1CCN(c2cccnn2)CC1)C1(O)CCc2ccccc2C1. The van der Waals surface area contributed by atoms with Crippen LogP contribution in [0.5, 0.6) is 0 Å². The van der Waals surface area contributed by atoms with Crippen LogP contribution < -0.4 is 4.90 Å². The van der Waals surface area contributed by atoms with E-state index >= 15 is 0 Å². The lowest BCUT2D eigenvalue weighted by Gasteiger charge is -2.40. The Kier molecular flexibility index (Phi) is 4.13. The van der Waals surface area contributed by atoms with E-state index in [1.165, 1.54) is 5.56 Å². The topological polar surface area (TPSA) is 69.6 Å². The quantitative estimate of drug-likeness (QED) is 0.886. The van der Waals surface area contributed by atoms with Gasteiger partial charge in [-0.2, -0.15) is 5.10 Å². The number of rotatable bonds is 2. The van der Waals surface area contributed by atoms with Crippen molar-refractivity contribution in [2.75, 3.05) is 31.1 Å². The molecule has 1 N–H and O–H groups in total. The lowest BCUT2D eigenvalue weighted by molar-refractivity contribution is -0.152. The third-order valence-corrected chi connectivity index (χ3v) is 5.26. The molecule has 25 heavy (non-hydrogen) atoms. The van der Waals surface area contributed by atoms with Gasteiger partial charge in [-0.15, -0.1) is 5.10 Å². The first-order chi connectivity index (χ1) is 12.2. The van der Waals surface area contributed by atoms with E-state index in [0.29, 0.717) is 39.0 Å². The molecule has 6 nitrogen and oxygen atoms in total. The van der Waals surface area contributed by atoms with Crippen molar-refractivity contribution in [2.24, 2.45) is 0 Å². The number of aliphatic hydroxyl groups is 1. The van der Waals surface area contributed by atoms with Crippen molar-refractivity contribution in [1.29, 1.82) is 0 Å². The Morgan fingerprint density at radius 1 is 1.04 bits per heavy atom. The van der Waals surface area contributed by atoms with Crippen molar-refractivity contribution in [1.82, 2.24) is 15.1 Å². The average molecular weight is 338 g/mol. The highest BCUT2D eigenvalue weighted by atomic mass is 16.3. The summed E-state index contributed by atoms with van der Waals surface area (Å²) in [5, 5.41) is 19.0. The third kappa shape index (κ3) is 3.09. The zero-order chi connectivity index (χ0) is 17.3. The number of aromatic nitrogens is 2. The summed E-state index contributed by atoms with van der Waals surface area (Å²) < 4.78 is 0. The molecule has 1 aliphatic heterocycles.